The van der Waals surface area contributed by atoms with Crippen molar-refractivity contribution in [2.75, 3.05) is 6.54 Å². The monoisotopic (exact) mass is 261 g/mol. The van der Waals surface area contributed by atoms with Crippen LogP contribution in [0.25, 0.3) is 11.2 Å². The lowest BCUT2D eigenvalue weighted by Crippen LogP contribution is -2.34. The Morgan fingerprint density at radius 3 is 3.05 bits per heavy atom. The highest BCUT2D eigenvalue weighted by Crippen LogP contribution is 2.17. The van der Waals surface area contributed by atoms with E-state index in [1.54, 1.807) is 22.9 Å². The van der Waals surface area contributed by atoms with Crippen LogP contribution in [-0.4, -0.2) is 22.1 Å². The Labute approximate surface area is 111 Å². The van der Waals surface area contributed by atoms with Crippen molar-refractivity contribution in [2.24, 2.45) is 0 Å². The van der Waals surface area contributed by atoms with Crippen LogP contribution in [0.2, 0.25) is 0 Å². The summed E-state index contributed by atoms with van der Waals surface area (Å²) in [7, 11) is 0. The number of aromatic nitrogens is 2. The largest absolute Gasteiger partial charge is 0.421 e. The lowest BCUT2D eigenvalue weighted by molar-refractivity contribution is 0.365. The van der Waals surface area contributed by atoms with E-state index in [9.17, 15) is 4.79 Å². The van der Waals surface area contributed by atoms with Crippen molar-refractivity contribution in [1.29, 1.82) is 0 Å². The third-order valence-electron chi connectivity index (χ3n) is 3.80. The smallest absolute Gasteiger partial charge is 0.406 e. The van der Waals surface area contributed by atoms with Gasteiger partial charge in [0.15, 0.2) is 11.2 Å². The number of hydrogen-bond donors (Lipinski definition) is 1. The van der Waals surface area contributed by atoms with Crippen molar-refractivity contribution in [2.45, 2.75) is 44.7 Å². The highest BCUT2D eigenvalue weighted by atomic mass is 16.4. The van der Waals surface area contributed by atoms with Crippen molar-refractivity contribution in [1.82, 2.24) is 14.9 Å². The Morgan fingerprint density at radius 1 is 1.37 bits per heavy atom. The Balaban J connectivity index is 1.65. The molecule has 0 radical (unpaired) electrons. The summed E-state index contributed by atoms with van der Waals surface area (Å²) < 4.78 is 6.76. The number of fused-ring (bicyclic) bond motifs is 1. The minimum atomic E-state index is -0.320. The van der Waals surface area contributed by atoms with Crippen LogP contribution in [-0.2, 0) is 6.54 Å². The fraction of sp³-hybridized carbons (Fsp3) is 0.571. The van der Waals surface area contributed by atoms with Gasteiger partial charge in [-0.25, -0.2) is 9.78 Å². The molecule has 0 unspecified atom stereocenters. The van der Waals surface area contributed by atoms with E-state index in [-0.39, 0.29) is 5.76 Å². The fourth-order valence-corrected chi connectivity index (χ4v) is 2.78. The van der Waals surface area contributed by atoms with Crippen LogP contribution in [0.4, 0.5) is 0 Å². The molecule has 0 amide bonds. The summed E-state index contributed by atoms with van der Waals surface area (Å²) in [6.45, 7) is 1.40. The van der Waals surface area contributed by atoms with Gasteiger partial charge in [-0.05, 0) is 25.0 Å². The van der Waals surface area contributed by atoms with Crippen LogP contribution < -0.4 is 11.1 Å². The lowest BCUT2D eigenvalue weighted by Gasteiger charge is -2.22. The van der Waals surface area contributed by atoms with Gasteiger partial charge in [-0.3, -0.25) is 4.57 Å². The van der Waals surface area contributed by atoms with E-state index in [1.165, 1.54) is 32.1 Å². The number of rotatable bonds is 4. The Bertz CT molecular complexity index is 596. The number of nitrogens with one attached hydrogen (secondary N) is 1. The third kappa shape index (κ3) is 2.71. The molecule has 0 spiro atoms. The molecule has 1 N–H and O–H groups in total. The second-order valence-corrected chi connectivity index (χ2v) is 5.13. The average molecular weight is 261 g/mol. The van der Waals surface area contributed by atoms with Crippen LogP contribution in [0, 0.1) is 0 Å². The van der Waals surface area contributed by atoms with E-state index in [0.29, 0.717) is 23.8 Å². The van der Waals surface area contributed by atoms with Gasteiger partial charge in [0, 0.05) is 25.3 Å². The van der Waals surface area contributed by atoms with Gasteiger partial charge < -0.3 is 9.73 Å². The molecule has 0 saturated heterocycles. The molecule has 0 aliphatic heterocycles. The molecule has 102 valence electrons. The molecule has 1 saturated carbocycles. The third-order valence-corrected chi connectivity index (χ3v) is 3.80. The molecule has 0 atom stereocenters. The zero-order valence-electron chi connectivity index (χ0n) is 11.0. The molecule has 2 heterocycles. The molecular weight excluding hydrogens is 242 g/mol. The van der Waals surface area contributed by atoms with Crippen molar-refractivity contribution < 1.29 is 4.42 Å². The summed E-state index contributed by atoms with van der Waals surface area (Å²) >= 11 is 0. The molecule has 0 bridgehead atoms. The summed E-state index contributed by atoms with van der Waals surface area (Å²) in [5.74, 6) is -0.320. The van der Waals surface area contributed by atoms with E-state index in [2.05, 4.69) is 10.3 Å². The van der Waals surface area contributed by atoms with Gasteiger partial charge in [0.1, 0.15) is 0 Å². The SMILES string of the molecule is O=c1oc2cccnc2n1CCNC1CCCCC1. The van der Waals surface area contributed by atoms with E-state index >= 15 is 0 Å². The lowest BCUT2D eigenvalue weighted by atomic mass is 9.95. The van der Waals surface area contributed by atoms with Crippen molar-refractivity contribution in [3.63, 3.8) is 0 Å². The first-order valence-corrected chi connectivity index (χ1v) is 7.02. The standard InChI is InChI=1S/C14H19N3O2/c18-14-17(13-12(19-14)7-4-8-16-13)10-9-15-11-5-2-1-3-6-11/h4,7-8,11,15H,1-3,5-6,9-10H2. The van der Waals surface area contributed by atoms with Gasteiger partial charge >= 0.3 is 5.76 Å². The quantitative estimate of drug-likeness (QED) is 0.913. The van der Waals surface area contributed by atoms with Crippen LogP contribution in [0.3, 0.4) is 0 Å². The summed E-state index contributed by atoms with van der Waals surface area (Å²) in [5.41, 5.74) is 1.20. The highest BCUT2D eigenvalue weighted by molar-refractivity contribution is 5.67. The average Bonchev–Trinajstić information content (AvgIpc) is 2.76. The second kappa shape index (κ2) is 5.57. The molecule has 1 aliphatic rings. The molecule has 3 rings (SSSR count). The molecule has 5 nitrogen and oxygen atoms in total. The first-order valence-electron chi connectivity index (χ1n) is 7.02. The van der Waals surface area contributed by atoms with Gasteiger partial charge in [-0.1, -0.05) is 19.3 Å². The first-order chi connectivity index (χ1) is 9.34. The maximum absolute atomic E-state index is 11.7. The fourth-order valence-electron chi connectivity index (χ4n) is 2.78. The van der Waals surface area contributed by atoms with Crippen LogP contribution in [0.5, 0.6) is 0 Å². The predicted octanol–water partition coefficient (Wildman–Crippen LogP) is 1.91. The van der Waals surface area contributed by atoms with Gasteiger partial charge in [0.05, 0.1) is 0 Å². The molecule has 2 aromatic heterocycles. The zero-order chi connectivity index (χ0) is 13.1. The first kappa shape index (κ1) is 12.4. The Hall–Kier alpha value is -1.62. The van der Waals surface area contributed by atoms with Crippen molar-refractivity contribution in [3.05, 3.63) is 28.9 Å². The summed E-state index contributed by atoms with van der Waals surface area (Å²) in [4.78, 5) is 16.0. The van der Waals surface area contributed by atoms with E-state index in [1.807, 2.05) is 0 Å². The summed E-state index contributed by atoms with van der Waals surface area (Å²) in [6, 6.07) is 4.15. The minimum absolute atomic E-state index is 0.320. The van der Waals surface area contributed by atoms with E-state index < -0.39 is 0 Å². The highest BCUT2D eigenvalue weighted by Gasteiger charge is 2.13. The van der Waals surface area contributed by atoms with Gasteiger partial charge in [0.2, 0.25) is 0 Å². The summed E-state index contributed by atoms with van der Waals surface area (Å²) in [5, 5.41) is 3.52. The molecular formula is C14H19N3O2. The van der Waals surface area contributed by atoms with Gasteiger partial charge in [-0.15, -0.1) is 0 Å². The molecule has 2 aromatic rings. The number of nitrogens with zero attached hydrogens (tertiary/aromatic N) is 2. The van der Waals surface area contributed by atoms with Gasteiger partial charge in [0.25, 0.3) is 0 Å². The van der Waals surface area contributed by atoms with Crippen LogP contribution >= 0.6 is 0 Å². The van der Waals surface area contributed by atoms with Crippen molar-refractivity contribution in [3.8, 4) is 0 Å². The molecule has 1 aliphatic carbocycles. The molecule has 1 fully saturated rings. The molecule has 0 aromatic carbocycles. The van der Waals surface area contributed by atoms with E-state index in [4.69, 9.17) is 4.42 Å². The van der Waals surface area contributed by atoms with Crippen LogP contribution in [0.1, 0.15) is 32.1 Å². The van der Waals surface area contributed by atoms with Gasteiger partial charge in [-0.2, -0.15) is 0 Å². The minimum Gasteiger partial charge on any atom is -0.406 e. The van der Waals surface area contributed by atoms with Crippen molar-refractivity contribution >= 4 is 11.2 Å². The molecule has 5 heteroatoms. The Kier molecular flexibility index (Phi) is 3.64. The number of oxazole rings is 1. The number of pyridine rings is 1. The normalized spacial score (nSPS) is 17.1. The maximum atomic E-state index is 11.7. The topological polar surface area (TPSA) is 60.1 Å². The second-order valence-electron chi connectivity index (χ2n) is 5.13. The Morgan fingerprint density at radius 2 is 2.21 bits per heavy atom. The maximum Gasteiger partial charge on any atom is 0.421 e. The van der Waals surface area contributed by atoms with Crippen LogP contribution in [0.15, 0.2) is 27.5 Å². The molecule has 19 heavy (non-hydrogen) atoms. The predicted molar refractivity (Wildman–Crippen MR) is 73.1 cm³/mol. The number of hydrogen-bond acceptors (Lipinski definition) is 4. The van der Waals surface area contributed by atoms with E-state index in [0.717, 1.165) is 6.54 Å². The zero-order valence-corrected chi connectivity index (χ0v) is 11.0. The summed E-state index contributed by atoms with van der Waals surface area (Å²) in [6.07, 6.45) is 8.16.